The van der Waals surface area contributed by atoms with Crippen molar-refractivity contribution in [2.75, 3.05) is 13.1 Å². The van der Waals surface area contributed by atoms with E-state index in [1.807, 2.05) is 6.92 Å². The number of rotatable bonds is 4. The maximum atomic E-state index is 3.25. The summed E-state index contributed by atoms with van der Waals surface area (Å²) < 4.78 is 0. The average molecular weight is 150 g/mol. The minimum atomic E-state index is 0. The highest BCUT2D eigenvalue weighted by molar-refractivity contribution is 5.85. The molecule has 0 aliphatic heterocycles. The predicted octanol–water partition coefficient (Wildman–Crippen LogP) is 1.98. The Hall–Kier alpha value is -0.0100. The van der Waals surface area contributed by atoms with Gasteiger partial charge in [0.25, 0.3) is 0 Å². The van der Waals surface area contributed by atoms with Crippen LogP contribution >= 0.6 is 12.4 Å². The molecule has 0 aromatic carbocycles. The zero-order chi connectivity index (χ0) is 6.24. The van der Waals surface area contributed by atoms with Crippen molar-refractivity contribution in [1.82, 2.24) is 5.32 Å². The first-order chi connectivity index (χ1) is 3.91. The molecule has 0 rings (SSSR count). The lowest BCUT2D eigenvalue weighted by Crippen LogP contribution is -2.13. The normalized spacial score (nSPS) is 9.56. The van der Waals surface area contributed by atoms with Gasteiger partial charge in [0.1, 0.15) is 0 Å². The molecule has 0 spiro atoms. The molecule has 0 bridgehead atoms. The van der Waals surface area contributed by atoms with Crippen LogP contribution in [0, 0.1) is 0 Å². The lowest BCUT2D eigenvalue weighted by atomic mass is 10.4. The smallest absolute Gasteiger partial charge is 0.0134 e. The van der Waals surface area contributed by atoms with Crippen LogP contribution in [0.4, 0.5) is 0 Å². The van der Waals surface area contributed by atoms with Gasteiger partial charge in [0.15, 0.2) is 0 Å². The highest BCUT2D eigenvalue weighted by atomic mass is 35.5. The molecule has 0 aliphatic carbocycles. The molecular formula is C7H16ClN. The van der Waals surface area contributed by atoms with Crippen molar-refractivity contribution in [3.63, 3.8) is 0 Å². The van der Waals surface area contributed by atoms with Gasteiger partial charge in [-0.2, -0.15) is 0 Å². The Labute approximate surface area is 63.9 Å². The Morgan fingerprint density at radius 2 is 2.11 bits per heavy atom. The number of halogens is 1. The van der Waals surface area contributed by atoms with E-state index in [0.29, 0.717) is 0 Å². The molecular weight excluding hydrogens is 134 g/mol. The van der Waals surface area contributed by atoms with Gasteiger partial charge >= 0.3 is 0 Å². The molecule has 0 saturated heterocycles. The maximum absolute atomic E-state index is 3.25. The topological polar surface area (TPSA) is 12.0 Å². The van der Waals surface area contributed by atoms with E-state index in [1.54, 1.807) is 0 Å². The van der Waals surface area contributed by atoms with E-state index in [1.165, 1.54) is 6.42 Å². The SMILES string of the molecule is CC=CCNCCC.Cl. The summed E-state index contributed by atoms with van der Waals surface area (Å²) in [4.78, 5) is 0. The average Bonchev–Trinajstić information content (AvgIpc) is 1.81. The molecule has 0 amide bonds. The molecule has 0 atom stereocenters. The number of allylic oxidation sites excluding steroid dienone is 1. The summed E-state index contributed by atoms with van der Waals surface area (Å²) in [6.07, 6.45) is 5.40. The fourth-order valence-corrected chi connectivity index (χ4v) is 0.480. The first-order valence-electron chi connectivity index (χ1n) is 3.23. The Morgan fingerprint density at radius 1 is 1.44 bits per heavy atom. The number of hydrogen-bond donors (Lipinski definition) is 1. The van der Waals surface area contributed by atoms with Gasteiger partial charge in [0, 0.05) is 6.54 Å². The lowest BCUT2D eigenvalue weighted by molar-refractivity contribution is 0.729. The molecule has 0 saturated carbocycles. The Kier molecular flexibility index (Phi) is 14.2. The highest BCUT2D eigenvalue weighted by Crippen LogP contribution is 1.70. The van der Waals surface area contributed by atoms with E-state index in [9.17, 15) is 0 Å². The van der Waals surface area contributed by atoms with Crippen molar-refractivity contribution in [3.8, 4) is 0 Å². The summed E-state index contributed by atoms with van der Waals surface area (Å²) in [6.45, 7) is 6.35. The predicted molar refractivity (Wildman–Crippen MR) is 45.2 cm³/mol. The zero-order valence-corrected chi connectivity index (χ0v) is 7.00. The summed E-state index contributed by atoms with van der Waals surface area (Å²) in [6, 6.07) is 0. The zero-order valence-electron chi connectivity index (χ0n) is 6.18. The third-order valence-electron chi connectivity index (χ3n) is 0.925. The summed E-state index contributed by atoms with van der Waals surface area (Å²) in [5, 5.41) is 3.25. The van der Waals surface area contributed by atoms with Crippen LogP contribution in [0.2, 0.25) is 0 Å². The van der Waals surface area contributed by atoms with Crippen molar-refractivity contribution in [2.45, 2.75) is 20.3 Å². The van der Waals surface area contributed by atoms with E-state index in [2.05, 4.69) is 24.4 Å². The van der Waals surface area contributed by atoms with Crippen LogP contribution in [0.5, 0.6) is 0 Å². The number of hydrogen-bond acceptors (Lipinski definition) is 1. The number of nitrogens with one attached hydrogen (secondary N) is 1. The van der Waals surface area contributed by atoms with E-state index in [0.717, 1.165) is 13.1 Å². The van der Waals surface area contributed by atoms with Gasteiger partial charge in [0.05, 0.1) is 0 Å². The molecule has 0 aromatic heterocycles. The molecule has 0 unspecified atom stereocenters. The van der Waals surface area contributed by atoms with Gasteiger partial charge in [-0.25, -0.2) is 0 Å². The van der Waals surface area contributed by atoms with Crippen molar-refractivity contribution in [2.24, 2.45) is 0 Å². The third-order valence-corrected chi connectivity index (χ3v) is 0.925. The van der Waals surface area contributed by atoms with Crippen LogP contribution in [0.15, 0.2) is 12.2 Å². The van der Waals surface area contributed by atoms with Gasteiger partial charge < -0.3 is 5.32 Å². The van der Waals surface area contributed by atoms with Gasteiger partial charge in [-0.05, 0) is 19.9 Å². The summed E-state index contributed by atoms with van der Waals surface area (Å²) in [7, 11) is 0. The fraction of sp³-hybridized carbons (Fsp3) is 0.714. The quantitative estimate of drug-likeness (QED) is 0.476. The minimum Gasteiger partial charge on any atom is -0.313 e. The van der Waals surface area contributed by atoms with Crippen LogP contribution in [-0.4, -0.2) is 13.1 Å². The first-order valence-corrected chi connectivity index (χ1v) is 3.23. The van der Waals surface area contributed by atoms with E-state index >= 15 is 0 Å². The van der Waals surface area contributed by atoms with E-state index in [4.69, 9.17) is 0 Å². The molecule has 0 fully saturated rings. The molecule has 0 radical (unpaired) electrons. The fourth-order valence-electron chi connectivity index (χ4n) is 0.480. The van der Waals surface area contributed by atoms with Crippen molar-refractivity contribution in [3.05, 3.63) is 12.2 Å². The summed E-state index contributed by atoms with van der Waals surface area (Å²) in [5.74, 6) is 0. The molecule has 9 heavy (non-hydrogen) atoms. The lowest BCUT2D eigenvalue weighted by Gasteiger charge is -1.93. The molecule has 0 aromatic rings. The molecule has 0 aliphatic rings. The van der Waals surface area contributed by atoms with E-state index in [-0.39, 0.29) is 12.4 Å². The Balaban J connectivity index is 0. The summed E-state index contributed by atoms with van der Waals surface area (Å²) >= 11 is 0. The van der Waals surface area contributed by atoms with Crippen LogP contribution in [0.3, 0.4) is 0 Å². The van der Waals surface area contributed by atoms with Crippen molar-refractivity contribution < 1.29 is 0 Å². The maximum Gasteiger partial charge on any atom is 0.0134 e. The first kappa shape index (κ1) is 11.7. The molecule has 1 N–H and O–H groups in total. The standard InChI is InChI=1S/C7H15N.ClH/c1-3-5-7-8-6-4-2;/h3,5,8H,4,6-7H2,1-2H3;1H. The van der Waals surface area contributed by atoms with Crippen LogP contribution in [0.1, 0.15) is 20.3 Å². The third kappa shape index (κ3) is 11.5. The highest BCUT2D eigenvalue weighted by Gasteiger charge is 1.74. The Bertz CT molecular complexity index is 61.9. The van der Waals surface area contributed by atoms with Crippen LogP contribution in [-0.2, 0) is 0 Å². The van der Waals surface area contributed by atoms with E-state index < -0.39 is 0 Å². The molecule has 0 heterocycles. The van der Waals surface area contributed by atoms with Crippen LogP contribution in [0.25, 0.3) is 0 Å². The van der Waals surface area contributed by atoms with Crippen LogP contribution < -0.4 is 5.32 Å². The largest absolute Gasteiger partial charge is 0.313 e. The summed E-state index contributed by atoms with van der Waals surface area (Å²) in [5.41, 5.74) is 0. The van der Waals surface area contributed by atoms with Gasteiger partial charge in [-0.1, -0.05) is 19.1 Å². The second kappa shape index (κ2) is 10.9. The molecule has 2 heteroatoms. The van der Waals surface area contributed by atoms with Gasteiger partial charge in [0.2, 0.25) is 0 Å². The minimum absolute atomic E-state index is 0. The van der Waals surface area contributed by atoms with Gasteiger partial charge in [-0.3, -0.25) is 0 Å². The second-order valence-corrected chi connectivity index (χ2v) is 1.77. The Morgan fingerprint density at radius 3 is 2.56 bits per heavy atom. The van der Waals surface area contributed by atoms with Crippen molar-refractivity contribution in [1.29, 1.82) is 0 Å². The van der Waals surface area contributed by atoms with Crippen molar-refractivity contribution >= 4 is 12.4 Å². The van der Waals surface area contributed by atoms with Gasteiger partial charge in [-0.15, -0.1) is 12.4 Å². The molecule has 1 nitrogen and oxygen atoms in total. The second-order valence-electron chi connectivity index (χ2n) is 1.77. The monoisotopic (exact) mass is 149 g/mol. The molecule has 56 valence electrons.